The third-order valence-corrected chi connectivity index (χ3v) is 4.61. The summed E-state index contributed by atoms with van der Waals surface area (Å²) >= 11 is 0. The SMILES string of the molecule is CCOC(=O)c1c(CO)n(C)c2cc(C3=CCCCC3)ccc12. The minimum absolute atomic E-state index is 0.183. The average Bonchev–Trinajstić information content (AvgIpc) is 2.87. The van der Waals surface area contributed by atoms with Crippen LogP contribution in [0.4, 0.5) is 0 Å². The lowest BCUT2D eigenvalue weighted by Gasteiger charge is -2.13. The Morgan fingerprint density at radius 2 is 2.17 bits per heavy atom. The Morgan fingerprint density at radius 1 is 1.35 bits per heavy atom. The van der Waals surface area contributed by atoms with E-state index in [0.29, 0.717) is 17.9 Å². The van der Waals surface area contributed by atoms with Crippen molar-refractivity contribution in [1.29, 1.82) is 0 Å². The van der Waals surface area contributed by atoms with E-state index in [1.807, 2.05) is 17.7 Å². The molecule has 122 valence electrons. The summed E-state index contributed by atoms with van der Waals surface area (Å²) in [6, 6.07) is 6.17. The number of aliphatic hydroxyl groups excluding tert-OH is 1. The summed E-state index contributed by atoms with van der Waals surface area (Å²) in [4.78, 5) is 12.3. The van der Waals surface area contributed by atoms with Crippen LogP contribution in [0.5, 0.6) is 0 Å². The van der Waals surface area contributed by atoms with Crippen molar-refractivity contribution in [2.24, 2.45) is 7.05 Å². The number of aromatic nitrogens is 1. The molecular weight excluding hydrogens is 290 g/mol. The molecule has 4 nitrogen and oxygen atoms in total. The van der Waals surface area contributed by atoms with Crippen molar-refractivity contribution in [3.63, 3.8) is 0 Å². The monoisotopic (exact) mass is 313 g/mol. The zero-order chi connectivity index (χ0) is 16.4. The van der Waals surface area contributed by atoms with Crippen molar-refractivity contribution in [1.82, 2.24) is 4.57 Å². The van der Waals surface area contributed by atoms with Gasteiger partial charge in [-0.1, -0.05) is 18.2 Å². The van der Waals surface area contributed by atoms with E-state index in [4.69, 9.17) is 4.74 Å². The number of hydrogen-bond donors (Lipinski definition) is 1. The molecule has 0 fully saturated rings. The Morgan fingerprint density at radius 3 is 2.83 bits per heavy atom. The Hall–Kier alpha value is -2.07. The quantitative estimate of drug-likeness (QED) is 0.873. The Balaban J connectivity index is 2.14. The number of aliphatic hydroxyl groups is 1. The summed E-state index contributed by atoms with van der Waals surface area (Å²) < 4.78 is 7.06. The molecule has 1 aliphatic rings. The van der Waals surface area contributed by atoms with Gasteiger partial charge in [0.2, 0.25) is 0 Å². The maximum Gasteiger partial charge on any atom is 0.340 e. The number of hydrogen-bond acceptors (Lipinski definition) is 3. The highest BCUT2D eigenvalue weighted by atomic mass is 16.5. The molecule has 0 radical (unpaired) electrons. The number of rotatable bonds is 4. The van der Waals surface area contributed by atoms with E-state index >= 15 is 0 Å². The zero-order valence-corrected chi connectivity index (χ0v) is 13.8. The maximum absolute atomic E-state index is 12.3. The molecule has 0 bridgehead atoms. The van der Waals surface area contributed by atoms with Crippen molar-refractivity contribution < 1.29 is 14.6 Å². The van der Waals surface area contributed by atoms with Crippen molar-refractivity contribution in [2.45, 2.75) is 39.2 Å². The standard InChI is InChI=1S/C19H23NO3/c1-3-23-19(22)18-15-10-9-14(13-7-5-4-6-8-13)11-16(15)20(2)17(18)12-21/h7,9-11,21H,3-6,8,12H2,1-2H3. The molecule has 1 aromatic heterocycles. The van der Waals surface area contributed by atoms with Crippen LogP contribution in [0.15, 0.2) is 24.3 Å². The van der Waals surface area contributed by atoms with Crippen LogP contribution in [0, 0.1) is 0 Å². The third-order valence-electron chi connectivity index (χ3n) is 4.61. The first-order chi connectivity index (χ1) is 11.2. The number of esters is 1. The Bertz CT molecular complexity index is 771. The topological polar surface area (TPSA) is 51.5 Å². The molecule has 3 rings (SSSR count). The molecule has 1 aromatic carbocycles. The van der Waals surface area contributed by atoms with E-state index < -0.39 is 0 Å². The van der Waals surface area contributed by atoms with E-state index in [0.717, 1.165) is 23.7 Å². The summed E-state index contributed by atoms with van der Waals surface area (Å²) in [6.07, 6.45) is 7.04. The Labute approximate surface area is 136 Å². The third kappa shape index (κ3) is 2.79. The highest BCUT2D eigenvalue weighted by molar-refractivity contribution is 6.06. The number of aryl methyl sites for hydroxylation is 1. The van der Waals surface area contributed by atoms with Gasteiger partial charge in [-0.2, -0.15) is 0 Å². The minimum Gasteiger partial charge on any atom is -0.462 e. The van der Waals surface area contributed by atoms with Crippen molar-refractivity contribution in [3.8, 4) is 0 Å². The maximum atomic E-state index is 12.3. The van der Waals surface area contributed by atoms with Crippen LogP contribution in [0.3, 0.4) is 0 Å². The molecule has 1 N–H and O–H groups in total. The van der Waals surface area contributed by atoms with Crippen LogP contribution < -0.4 is 0 Å². The molecule has 0 unspecified atom stereocenters. The summed E-state index contributed by atoms with van der Waals surface area (Å²) in [5.74, 6) is -0.369. The lowest BCUT2D eigenvalue weighted by atomic mass is 9.93. The smallest absolute Gasteiger partial charge is 0.340 e. The normalized spacial score (nSPS) is 14.8. The molecule has 1 aliphatic carbocycles. The van der Waals surface area contributed by atoms with Crippen LogP contribution in [-0.4, -0.2) is 22.2 Å². The number of carbonyl (C=O) groups excluding carboxylic acids is 1. The second-order valence-electron chi connectivity index (χ2n) is 5.97. The summed E-state index contributed by atoms with van der Waals surface area (Å²) in [5.41, 5.74) is 4.63. The van der Waals surface area contributed by atoms with Crippen LogP contribution in [0.2, 0.25) is 0 Å². The number of benzene rings is 1. The molecule has 0 saturated heterocycles. The minimum atomic E-state index is -0.369. The van der Waals surface area contributed by atoms with Crippen LogP contribution in [-0.2, 0) is 18.4 Å². The van der Waals surface area contributed by atoms with Gasteiger partial charge in [0.15, 0.2) is 0 Å². The fraction of sp³-hybridized carbons (Fsp3) is 0.421. The van der Waals surface area contributed by atoms with Gasteiger partial charge < -0.3 is 14.4 Å². The van der Waals surface area contributed by atoms with E-state index in [1.165, 1.54) is 24.0 Å². The molecule has 23 heavy (non-hydrogen) atoms. The molecule has 0 atom stereocenters. The number of fused-ring (bicyclic) bond motifs is 1. The highest BCUT2D eigenvalue weighted by Gasteiger charge is 2.22. The van der Waals surface area contributed by atoms with Gasteiger partial charge in [0.05, 0.1) is 24.5 Å². The second kappa shape index (κ2) is 6.59. The lowest BCUT2D eigenvalue weighted by Crippen LogP contribution is -2.08. The lowest BCUT2D eigenvalue weighted by molar-refractivity contribution is 0.0524. The highest BCUT2D eigenvalue weighted by Crippen LogP contribution is 2.32. The molecule has 0 spiro atoms. The van der Waals surface area contributed by atoms with Crippen LogP contribution >= 0.6 is 0 Å². The van der Waals surface area contributed by atoms with E-state index in [9.17, 15) is 9.90 Å². The molecule has 0 saturated carbocycles. The molecule has 2 aromatic rings. The van der Waals surface area contributed by atoms with Crippen LogP contribution in [0.25, 0.3) is 16.5 Å². The number of allylic oxidation sites excluding steroid dienone is 2. The molecule has 4 heteroatoms. The van der Waals surface area contributed by atoms with Gasteiger partial charge in [0, 0.05) is 18.0 Å². The van der Waals surface area contributed by atoms with E-state index in [-0.39, 0.29) is 12.6 Å². The summed E-state index contributed by atoms with van der Waals surface area (Å²) in [7, 11) is 1.88. The van der Waals surface area contributed by atoms with Crippen molar-refractivity contribution in [3.05, 3.63) is 41.1 Å². The van der Waals surface area contributed by atoms with Crippen molar-refractivity contribution >= 4 is 22.4 Å². The van der Waals surface area contributed by atoms with Gasteiger partial charge in [0.25, 0.3) is 0 Å². The van der Waals surface area contributed by atoms with Crippen LogP contribution in [0.1, 0.15) is 54.2 Å². The molecule has 1 heterocycles. The van der Waals surface area contributed by atoms with Gasteiger partial charge in [-0.05, 0) is 49.8 Å². The Kier molecular flexibility index (Phi) is 4.53. The van der Waals surface area contributed by atoms with Crippen molar-refractivity contribution in [2.75, 3.05) is 6.61 Å². The van der Waals surface area contributed by atoms with Gasteiger partial charge in [0.1, 0.15) is 0 Å². The van der Waals surface area contributed by atoms with Gasteiger partial charge in [-0.3, -0.25) is 0 Å². The van der Waals surface area contributed by atoms with Gasteiger partial charge in [-0.15, -0.1) is 0 Å². The molecule has 0 aliphatic heterocycles. The fourth-order valence-corrected chi connectivity index (χ4v) is 3.41. The predicted octanol–water partition coefficient (Wildman–Crippen LogP) is 3.80. The molecular formula is C19H23NO3. The number of carbonyl (C=O) groups is 1. The second-order valence-corrected chi connectivity index (χ2v) is 5.97. The summed E-state index contributed by atoms with van der Waals surface area (Å²) in [5, 5.41) is 10.5. The van der Waals surface area contributed by atoms with Gasteiger partial charge in [-0.25, -0.2) is 4.79 Å². The van der Waals surface area contributed by atoms with E-state index in [2.05, 4.69) is 18.2 Å². The first-order valence-electron chi connectivity index (χ1n) is 8.26. The average molecular weight is 313 g/mol. The first kappa shape index (κ1) is 15.8. The summed E-state index contributed by atoms with van der Waals surface area (Å²) in [6.45, 7) is 1.93. The first-order valence-corrected chi connectivity index (χ1v) is 8.26. The molecule has 0 amide bonds. The number of ether oxygens (including phenoxy) is 1. The van der Waals surface area contributed by atoms with E-state index in [1.54, 1.807) is 6.92 Å². The predicted molar refractivity (Wildman–Crippen MR) is 91.2 cm³/mol. The number of nitrogens with zero attached hydrogens (tertiary/aromatic N) is 1. The zero-order valence-electron chi connectivity index (χ0n) is 13.8. The van der Waals surface area contributed by atoms with Gasteiger partial charge >= 0.3 is 5.97 Å². The fourth-order valence-electron chi connectivity index (χ4n) is 3.41. The largest absolute Gasteiger partial charge is 0.462 e.